The average molecular weight is 398 g/mol. The van der Waals surface area contributed by atoms with Crippen LogP contribution in [0.3, 0.4) is 0 Å². The lowest BCUT2D eigenvalue weighted by atomic mass is 10.2. The van der Waals surface area contributed by atoms with E-state index >= 15 is 0 Å². The average Bonchev–Trinajstić information content (AvgIpc) is 2.67. The molecule has 0 atom stereocenters. The van der Waals surface area contributed by atoms with Crippen LogP contribution < -0.4 is 15.5 Å². The molecule has 0 saturated carbocycles. The van der Waals surface area contributed by atoms with Crippen molar-refractivity contribution in [1.29, 1.82) is 0 Å². The molecule has 0 aliphatic carbocycles. The van der Waals surface area contributed by atoms with Gasteiger partial charge in [0.25, 0.3) is 0 Å². The third-order valence-corrected chi connectivity index (χ3v) is 4.39. The first-order valence-corrected chi connectivity index (χ1v) is 9.61. The Hall–Kier alpha value is -3.36. The summed E-state index contributed by atoms with van der Waals surface area (Å²) in [5.41, 5.74) is 2.36. The molecule has 0 unspecified atom stereocenters. The van der Waals surface area contributed by atoms with E-state index in [1.807, 2.05) is 37.3 Å². The van der Waals surface area contributed by atoms with Crippen molar-refractivity contribution in [3.05, 3.63) is 36.0 Å². The van der Waals surface area contributed by atoms with Gasteiger partial charge in [-0.05, 0) is 32.0 Å². The Morgan fingerprint density at radius 3 is 2.52 bits per heavy atom. The fourth-order valence-corrected chi connectivity index (χ4v) is 3.09. The predicted octanol–water partition coefficient (Wildman–Crippen LogP) is 2.77. The molecule has 2 aromatic rings. The van der Waals surface area contributed by atoms with Gasteiger partial charge in [0.2, 0.25) is 11.9 Å². The molecule has 154 valence electrons. The van der Waals surface area contributed by atoms with Gasteiger partial charge in [-0.15, -0.1) is 0 Å². The zero-order valence-electron chi connectivity index (χ0n) is 16.9. The largest absolute Gasteiger partial charge is 0.450 e. The summed E-state index contributed by atoms with van der Waals surface area (Å²) >= 11 is 0. The minimum Gasteiger partial charge on any atom is -0.450 e. The Morgan fingerprint density at radius 2 is 1.83 bits per heavy atom. The SMILES string of the molecule is CCOC(=O)N1CCN(c2nc(C)cc(Nc3cccc(NC(C)=O)c3)n2)CC1. The van der Waals surface area contributed by atoms with Crippen molar-refractivity contribution in [2.75, 3.05) is 48.3 Å². The second-order valence-corrected chi connectivity index (χ2v) is 6.75. The van der Waals surface area contributed by atoms with Gasteiger partial charge in [-0.1, -0.05) is 6.07 Å². The Kier molecular flexibility index (Phi) is 6.48. The van der Waals surface area contributed by atoms with E-state index in [0.717, 1.165) is 11.4 Å². The molecular weight excluding hydrogens is 372 g/mol. The molecule has 0 spiro atoms. The van der Waals surface area contributed by atoms with Crippen LogP contribution in [0, 0.1) is 6.92 Å². The normalized spacial score (nSPS) is 13.8. The highest BCUT2D eigenvalue weighted by Gasteiger charge is 2.23. The number of nitrogens with zero attached hydrogens (tertiary/aromatic N) is 4. The third-order valence-electron chi connectivity index (χ3n) is 4.39. The molecule has 2 N–H and O–H groups in total. The number of nitrogens with one attached hydrogen (secondary N) is 2. The molecule has 1 aromatic carbocycles. The van der Waals surface area contributed by atoms with Crippen LogP contribution in [0.1, 0.15) is 19.5 Å². The summed E-state index contributed by atoms with van der Waals surface area (Å²) in [5.74, 6) is 1.17. The van der Waals surface area contributed by atoms with Crippen LogP contribution in [-0.2, 0) is 9.53 Å². The number of benzene rings is 1. The molecule has 1 aromatic heterocycles. The van der Waals surface area contributed by atoms with Crippen molar-refractivity contribution in [2.24, 2.45) is 0 Å². The van der Waals surface area contributed by atoms with Gasteiger partial charge in [0, 0.05) is 56.2 Å². The van der Waals surface area contributed by atoms with Crippen LogP contribution in [0.4, 0.5) is 27.9 Å². The number of piperazine rings is 1. The number of aromatic nitrogens is 2. The van der Waals surface area contributed by atoms with Gasteiger partial charge >= 0.3 is 6.09 Å². The van der Waals surface area contributed by atoms with Crippen LogP contribution in [0.15, 0.2) is 30.3 Å². The number of carbonyl (C=O) groups is 2. The summed E-state index contributed by atoms with van der Waals surface area (Å²) in [6.07, 6.45) is -0.279. The van der Waals surface area contributed by atoms with Gasteiger partial charge in [0.1, 0.15) is 5.82 Å². The molecule has 2 heterocycles. The van der Waals surface area contributed by atoms with Gasteiger partial charge in [-0.2, -0.15) is 4.98 Å². The molecule has 9 nitrogen and oxygen atoms in total. The molecule has 1 aliphatic heterocycles. The molecule has 1 aliphatic rings. The highest BCUT2D eigenvalue weighted by atomic mass is 16.6. The number of amides is 2. The van der Waals surface area contributed by atoms with Crippen molar-refractivity contribution in [3.63, 3.8) is 0 Å². The molecule has 1 fully saturated rings. The summed E-state index contributed by atoms with van der Waals surface area (Å²) in [4.78, 5) is 36.1. The van der Waals surface area contributed by atoms with E-state index in [4.69, 9.17) is 4.74 Å². The molecule has 9 heteroatoms. The summed E-state index contributed by atoms with van der Waals surface area (Å²) in [6, 6.07) is 9.30. The first-order chi connectivity index (χ1) is 13.9. The fraction of sp³-hybridized carbons (Fsp3) is 0.400. The van der Waals surface area contributed by atoms with Crippen molar-refractivity contribution >= 4 is 35.1 Å². The van der Waals surface area contributed by atoms with E-state index in [2.05, 4.69) is 25.5 Å². The van der Waals surface area contributed by atoms with Crippen molar-refractivity contribution in [2.45, 2.75) is 20.8 Å². The fourth-order valence-electron chi connectivity index (χ4n) is 3.09. The molecule has 29 heavy (non-hydrogen) atoms. The van der Waals surface area contributed by atoms with E-state index in [-0.39, 0.29) is 12.0 Å². The lowest BCUT2D eigenvalue weighted by Crippen LogP contribution is -2.49. The van der Waals surface area contributed by atoms with E-state index in [1.54, 1.807) is 11.8 Å². The van der Waals surface area contributed by atoms with Gasteiger partial charge in [0.15, 0.2) is 0 Å². The first kappa shape index (κ1) is 20.4. The third kappa shape index (κ3) is 5.56. The number of ether oxygens (including phenoxy) is 1. The Balaban J connectivity index is 1.69. The van der Waals surface area contributed by atoms with Crippen LogP contribution in [0.2, 0.25) is 0 Å². The monoisotopic (exact) mass is 398 g/mol. The minimum absolute atomic E-state index is 0.121. The van der Waals surface area contributed by atoms with E-state index < -0.39 is 0 Å². The standard InChI is InChI=1S/C20H26N6O3/c1-4-29-20(28)26-10-8-25(9-11-26)19-21-14(2)12-18(24-19)23-17-7-5-6-16(13-17)22-15(3)27/h5-7,12-13H,4,8-11H2,1-3H3,(H,22,27)(H,21,23,24). The second kappa shape index (κ2) is 9.22. The van der Waals surface area contributed by atoms with E-state index in [0.29, 0.717) is 50.2 Å². The topological polar surface area (TPSA) is 99.7 Å². The lowest BCUT2D eigenvalue weighted by molar-refractivity contribution is -0.114. The molecule has 3 rings (SSSR count). The number of hydrogen-bond donors (Lipinski definition) is 2. The number of hydrogen-bond acceptors (Lipinski definition) is 7. The maximum absolute atomic E-state index is 11.9. The number of anilines is 4. The molecule has 2 amide bonds. The summed E-state index contributed by atoms with van der Waals surface area (Å²) in [6.45, 7) is 7.98. The maximum atomic E-state index is 11.9. The zero-order chi connectivity index (χ0) is 20.8. The number of aryl methyl sites for hydroxylation is 1. The quantitative estimate of drug-likeness (QED) is 0.799. The summed E-state index contributed by atoms with van der Waals surface area (Å²) in [5, 5.41) is 6.03. The first-order valence-electron chi connectivity index (χ1n) is 9.61. The summed E-state index contributed by atoms with van der Waals surface area (Å²) < 4.78 is 5.06. The Labute approximate surface area is 170 Å². The highest BCUT2D eigenvalue weighted by Crippen LogP contribution is 2.22. The number of rotatable bonds is 5. The second-order valence-electron chi connectivity index (χ2n) is 6.75. The maximum Gasteiger partial charge on any atom is 0.409 e. The molecule has 0 radical (unpaired) electrons. The van der Waals surface area contributed by atoms with Gasteiger partial charge in [-0.25, -0.2) is 9.78 Å². The van der Waals surface area contributed by atoms with Gasteiger partial charge in [0.05, 0.1) is 6.61 Å². The minimum atomic E-state index is -0.279. The predicted molar refractivity (Wildman–Crippen MR) is 112 cm³/mol. The Morgan fingerprint density at radius 1 is 1.10 bits per heavy atom. The number of carbonyl (C=O) groups excluding carboxylic acids is 2. The highest BCUT2D eigenvalue weighted by molar-refractivity contribution is 5.89. The van der Waals surface area contributed by atoms with Crippen molar-refractivity contribution in [1.82, 2.24) is 14.9 Å². The molecular formula is C20H26N6O3. The van der Waals surface area contributed by atoms with Crippen molar-refractivity contribution < 1.29 is 14.3 Å². The summed E-state index contributed by atoms with van der Waals surface area (Å²) in [7, 11) is 0. The van der Waals surface area contributed by atoms with Crippen LogP contribution in [0.25, 0.3) is 0 Å². The van der Waals surface area contributed by atoms with E-state index in [9.17, 15) is 9.59 Å². The van der Waals surface area contributed by atoms with Crippen LogP contribution in [0.5, 0.6) is 0 Å². The van der Waals surface area contributed by atoms with Crippen molar-refractivity contribution in [3.8, 4) is 0 Å². The van der Waals surface area contributed by atoms with Gasteiger partial charge < -0.3 is 25.2 Å². The smallest absolute Gasteiger partial charge is 0.409 e. The van der Waals surface area contributed by atoms with Gasteiger partial charge in [-0.3, -0.25) is 4.79 Å². The van der Waals surface area contributed by atoms with E-state index in [1.165, 1.54) is 6.92 Å². The molecule has 0 bridgehead atoms. The van der Waals surface area contributed by atoms with Crippen LogP contribution >= 0.6 is 0 Å². The Bertz CT molecular complexity index is 880. The van der Waals surface area contributed by atoms with Crippen LogP contribution in [-0.4, -0.2) is 59.7 Å². The lowest BCUT2D eigenvalue weighted by Gasteiger charge is -2.34. The zero-order valence-corrected chi connectivity index (χ0v) is 16.9. The molecule has 1 saturated heterocycles.